The fraction of sp³-hybridized carbons (Fsp3) is 0.200. The Morgan fingerprint density at radius 1 is 0.964 bits per heavy atom. The van der Waals surface area contributed by atoms with Crippen molar-refractivity contribution in [3.8, 4) is 5.75 Å². The highest BCUT2D eigenvalue weighted by molar-refractivity contribution is 7.87. The Bertz CT molecular complexity index is 1040. The van der Waals surface area contributed by atoms with Crippen LogP contribution in [0.25, 0.3) is 10.8 Å². The second kappa shape index (κ2) is 7.30. The van der Waals surface area contributed by atoms with Crippen molar-refractivity contribution in [1.82, 2.24) is 0 Å². The number of fused-ring (bicyclic) bond motifs is 1. The van der Waals surface area contributed by atoms with Gasteiger partial charge in [0.25, 0.3) is 0 Å². The molecule has 0 heterocycles. The maximum absolute atomic E-state index is 13.1. The molecule has 0 spiro atoms. The van der Waals surface area contributed by atoms with Crippen molar-refractivity contribution in [3.63, 3.8) is 0 Å². The van der Waals surface area contributed by atoms with Gasteiger partial charge in [0.2, 0.25) is 11.5 Å². The van der Waals surface area contributed by atoms with E-state index in [0.29, 0.717) is 0 Å². The summed E-state index contributed by atoms with van der Waals surface area (Å²) in [4.78, 5) is 12.3. The maximum Gasteiger partial charge on any atom is 0.536 e. The third kappa shape index (κ3) is 4.18. The molecule has 0 saturated heterocycles. The first-order valence-corrected chi connectivity index (χ1v) is 8.46. The number of Topliss-reactive ketones (excluding diaryl/α,β-unsaturated/α-hetero) is 1. The van der Waals surface area contributed by atoms with Crippen molar-refractivity contribution in [1.29, 1.82) is 0 Å². The van der Waals surface area contributed by atoms with Crippen molar-refractivity contribution in [3.05, 3.63) is 42.0 Å². The summed E-state index contributed by atoms with van der Waals surface area (Å²) < 4.78 is 106. The second-order valence-corrected chi connectivity index (χ2v) is 6.62. The van der Waals surface area contributed by atoms with Crippen LogP contribution in [0, 0.1) is 0 Å². The lowest BCUT2D eigenvalue weighted by molar-refractivity contribution is -0.0635. The quantitative estimate of drug-likeness (QED) is 0.237. The summed E-state index contributed by atoms with van der Waals surface area (Å²) in [5.74, 6) is -1.67. The molecular formula is C15H9F6NO5S. The van der Waals surface area contributed by atoms with Gasteiger partial charge in [0.1, 0.15) is 5.75 Å². The predicted octanol–water partition coefficient (Wildman–Crippen LogP) is 3.82. The molecule has 2 aromatic rings. The van der Waals surface area contributed by atoms with Gasteiger partial charge in [0.05, 0.1) is 7.11 Å². The number of hydrogen-bond acceptors (Lipinski definition) is 6. The zero-order valence-corrected chi connectivity index (χ0v) is 14.4. The minimum Gasteiger partial charge on any atom is -0.496 e. The van der Waals surface area contributed by atoms with Crippen LogP contribution in [0.3, 0.4) is 0 Å². The molecule has 0 bridgehead atoms. The molecule has 6 nitrogen and oxygen atoms in total. The number of hydrogen-bond donors (Lipinski definition) is 0. The van der Waals surface area contributed by atoms with E-state index >= 15 is 0 Å². The number of ether oxygens (including phenoxy) is 1. The highest BCUT2D eigenvalue weighted by atomic mass is 32.2. The molecule has 0 unspecified atom stereocenters. The van der Waals surface area contributed by atoms with Crippen LogP contribution in [0.5, 0.6) is 5.75 Å². The van der Waals surface area contributed by atoms with Gasteiger partial charge in [-0.15, -0.1) is 0 Å². The molecule has 0 saturated carbocycles. The van der Waals surface area contributed by atoms with Gasteiger partial charge in [-0.2, -0.15) is 34.8 Å². The lowest BCUT2D eigenvalue weighted by atomic mass is 9.98. The summed E-state index contributed by atoms with van der Waals surface area (Å²) in [6.45, 7) is 0. The van der Waals surface area contributed by atoms with Crippen LogP contribution >= 0.6 is 0 Å². The van der Waals surface area contributed by atoms with Crippen molar-refractivity contribution in [2.24, 2.45) is 5.16 Å². The molecule has 0 N–H and O–H groups in total. The average molecular weight is 429 g/mol. The monoisotopic (exact) mass is 429 g/mol. The highest BCUT2D eigenvalue weighted by Gasteiger charge is 2.50. The Morgan fingerprint density at radius 3 is 2.04 bits per heavy atom. The molecule has 2 aromatic carbocycles. The molecule has 0 atom stereocenters. The van der Waals surface area contributed by atoms with Gasteiger partial charge >= 0.3 is 21.8 Å². The molecular weight excluding hydrogens is 420 g/mol. The lowest BCUT2D eigenvalue weighted by Gasteiger charge is -2.13. The highest BCUT2D eigenvalue weighted by Crippen LogP contribution is 2.31. The number of nitrogens with zero attached hydrogens (tertiary/aromatic N) is 1. The van der Waals surface area contributed by atoms with E-state index in [1.54, 1.807) is 0 Å². The Kier molecular flexibility index (Phi) is 5.59. The Hall–Kier alpha value is -2.83. The van der Waals surface area contributed by atoms with E-state index in [-0.39, 0.29) is 16.5 Å². The number of ketones is 1. The van der Waals surface area contributed by atoms with Crippen molar-refractivity contribution >= 4 is 32.4 Å². The second-order valence-electron chi connectivity index (χ2n) is 5.10. The van der Waals surface area contributed by atoms with Crippen LogP contribution in [0.15, 0.2) is 41.6 Å². The summed E-state index contributed by atoms with van der Waals surface area (Å²) in [6, 6.07) is 7.71. The van der Waals surface area contributed by atoms with Crippen LogP contribution in [0.4, 0.5) is 26.3 Å². The van der Waals surface area contributed by atoms with E-state index in [9.17, 15) is 39.6 Å². The molecule has 0 aliphatic rings. The standard InChI is InChI=1S/C15H9F6NO5S/c1-26-11-7-6-10(8-4-2-3-5-9(8)11)12(23)13(14(16,17)18)22-27-28(24,25)15(19,20)21/h2-7H,1H3/b22-13-. The van der Waals surface area contributed by atoms with E-state index in [0.717, 1.165) is 12.1 Å². The minimum atomic E-state index is -6.48. The summed E-state index contributed by atoms with van der Waals surface area (Å²) in [5.41, 5.74) is -9.10. The first-order valence-electron chi connectivity index (χ1n) is 7.05. The smallest absolute Gasteiger partial charge is 0.496 e. The van der Waals surface area contributed by atoms with Crippen LogP contribution in [0.2, 0.25) is 0 Å². The van der Waals surface area contributed by atoms with Gasteiger partial charge in [-0.1, -0.05) is 29.4 Å². The van der Waals surface area contributed by atoms with Gasteiger partial charge < -0.3 is 4.74 Å². The molecule has 28 heavy (non-hydrogen) atoms. The topological polar surface area (TPSA) is 82.0 Å². The van der Waals surface area contributed by atoms with Gasteiger partial charge in [-0.25, -0.2) is 0 Å². The fourth-order valence-electron chi connectivity index (χ4n) is 2.13. The van der Waals surface area contributed by atoms with Gasteiger partial charge in [-0.3, -0.25) is 9.08 Å². The molecule has 2 rings (SSSR count). The van der Waals surface area contributed by atoms with E-state index < -0.39 is 38.9 Å². The number of carbonyl (C=O) groups excluding carboxylic acids is 1. The number of alkyl halides is 6. The van der Waals surface area contributed by atoms with Crippen LogP contribution in [-0.2, 0) is 14.4 Å². The first kappa shape index (κ1) is 21.5. The lowest BCUT2D eigenvalue weighted by Crippen LogP contribution is -2.33. The van der Waals surface area contributed by atoms with Crippen molar-refractivity contribution in [2.75, 3.05) is 7.11 Å². The zero-order chi connectivity index (χ0) is 21.3. The number of benzene rings is 2. The fourth-order valence-corrected chi connectivity index (χ4v) is 2.38. The number of methoxy groups -OCH3 is 1. The molecule has 13 heteroatoms. The summed E-state index contributed by atoms with van der Waals surface area (Å²) >= 11 is 0. The molecule has 0 aliphatic heterocycles. The third-order valence-electron chi connectivity index (χ3n) is 3.34. The van der Waals surface area contributed by atoms with E-state index in [1.165, 1.54) is 31.4 Å². The number of rotatable bonds is 5. The largest absolute Gasteiger partial charge is 0.536 e. The number of halogens is 6. The van der Waals surface area contributed by atoms with Crippen LogP contribution in [-0.4, -0.2) is 38.7 Å². The van der Waals surface area contributed by atoms with Crippen LogP contribution < -0.4 is 4.74 Å². The van der Waals surface area contributed by atoms with Gasteiger partial charge in [0.15, 0.2) is 0 Å². The molecule has 0 fully saturated rings. The summed E-state index contributed by atoms with van der Waals surface area (Å²) in [5, 5.41) is 2.17. The van der Waals surface area contributed by atoms with E-state index in [2.05, 4.69) is 4.28 Å². The van der Waals surface area contributed by atoms with Crippen LogP contribution in [0.1, 0.15) is 10.4 Å². The molecule has 0 radical (unpaired) electrons. The molecule has 0 aliphatic carbocycles. The number of oxime groups is 1. The Morgan fingerprint density at radius 2 is 1.54 bits per heavy atom. The SMILES string of the molecule is COc1ccc(C(=O)/C(=N/OS(=O)(=O)C(F)(F)F)C(F)(F)F)c2ccccc12. The summed E-state index contributed by atoms with van der Waals surface area (Å²) in [7, 11) is -5.20. The van der Waals surface area contributed by atoms with Crippen molar-refractivity contribution in [2.45, 2.75) is 11.7 Å². The normalized spacial score (nSPS) is 13.5. The van der Waals surface area contributed by atoms with E-state index in [4.69, 9.17) is 4.74 Å². The maximum atomic E-state index is 13.1. The van der Waals surface area contributed by atoms with E-state index in [1.807, 2.05) is 5.16 Å². The molecule has 0 amide bonds. The Balaban J connectivity index is 2.60. The Labute approximate surface area is 153 Å². The zero-order valence-electron chi connectivity index (χ0n) is 13.6. The minimum absolute atomic E-state index is 0.0255. The molecule has 0 aromatic heterocycles. The molecule has 152 valence electrons. The third-order valence-corrected chi connectivity index (χ3v) is 4.18. The predicted molar refractivity (Wildman–Crippen MR) is 84.4 cm³/mol. The van der Waals surface area contributed by atoms with Gasteiger partial charge in [-0.05, 0) is 17.5 Å². The average Bonchev–Trinajstić information content (AvgIpc) is 2.58. The van der Waals surface area contributed by atoms with Gasteiger partial charge in [0, 0.05) is 10.9 Å². The first-order chi connectivity index (χ1) is 12.8. The number of carbonyl (C=O) groups is 1. The van der Waals surface area contributed by atoms with Crippen molar-refractivity contribution < 1.29 is 48.6 Å². The summed E-state index contributed by atoms with van der Waals surface area (Å²) in [6.07, 6.45) is -5.60.